The maximum absolute atomic E-state index is 11.4. The van der Waals surface area contributed by atoms with Gasteiger partial charge in [0.15, 0.2) is 0 Å². The normalized spacial score (nSPS) is 15.4. The van der Waals surface area contributed by atoms with Crippen molar-refractivity contribution in [2.75, 3.05) is 0 Å². The Hall–Kier alpha value is -2.82. The van der Waals surface area contributed by atoms with Crippen LogP contribution < -0.4 is 4.74 Å². The number of ether oxygens (including phenoxy) is 1. The number of carbonyl (C=O) groups is 1. The van der Waals surface area contributed by atoms with E-state index < -0.39 is 5.97 Å². The molecule has 2 aromatic carbocycles. The lowest BCUT2D eigenvalue weighted by molar-refractivity contribution is 0.0697. The number of aromatic carboxylic acids is 1. The van der Waals surface area contributed by atoms with Gasteiger partial charge in [0, 0.05) is 11.6 Å². The zero-order chi connectivity index (χ0) is 21.3. The molecule has 1 heterocycles. The molecule has 1 aromatic heterocycles. The minimum Gasteiger partial charge on any atom is -0.488 e. The smallest absolute Gasteiger partial charge is 0.335 e. The first-order valence-corrected chi connectivity index (χ1v) is 10.9. The summed E-state index contributed by atoms with van der Waals surface area (Å²) in [5.41, 5.74) is 2.84. The molecule has 30 heavy (non-hydrogen) atoms. The summed E-state index contributed by atoms with van der Waals surface area (Å²) in [6.45, 7) is 6.29. The minimum absolute atomic E-state index is 0.204. The highest BCUT2D eigenvalue weighted by atomic mass is 16.5. The van der Waals surface area contributed by atoms with Gasteiger partial charge < -0.3 is 14.4 Å². The number of rotatable bonds is 6. The molecular weight excluding hydrogens is 376 g/mol. The molecule has 0 radical (unpaired) electrons. The van der Waals surface area contributed by atoms with E-state index in [1.165, 1.54) is 19.3 Å². The number of imidazole rings is 1. The number of carboxylic acids is 1. The van der Waals surface area contributed by atoms with Crippen LogP contribution in [0.15, 0.2) is 42.5 Å². The van der Waals surface area contributed by atoms with E-state index in [0.717, 1.165) is 47.4 Å². The summed E-state index contributed by atoms with van der Waals surface area (Å²) in [7, 11) is 0. The molecule has 0 saturated heterocycles. The summed E-state index contributed by atoms with van der Waals surface area (Å²) < 4.78 is 8.42. The lowest BCUT2D eigenvalue weighted by Gasteiger charge is -2.26. The fourth-order valence-corrected chi connectivity index (χ4v) is 4.21. The molecule has 5 nitrogen and oxygen atoms in total. The molecule has 0 amide bonds. The number of carboxylic acid groups (broad SMARTS) is 1. The Morgan fingerprint density at radius 1 is 1.13 bits per heavy atom. The molecule has 158 valence electrons. The third-order valence-corrected chi connectivity index (χ3v) is 6.23. The average Bonchev–Trinajstić information content (AvgIpc) is 3.13. The van der Waals surface area contributed by atoms with E-state index in [9.17, 15) is 9.90 Å². The van der Waals surface area contributed by atoms with Crippen LogP contribution in [0.25, 0.3) is 22.4 Å². The quantitative estimate of drug-likeness (QED) is 0.509. The Bertz CT molecular complexity index is 1040. The molecule has 1 saturated carbocycles. The van der Waals surface area contributed by atoms with Crippen molar-refractivity contribution < 1.29 is 14.6 Å². The van der Waals surface area contributed by atoms with Crippen LogP contribution in [0.2, 0.25) is 0 Å². The number of hydrogen-bond acceptors (Lipinski definition) is 3. The number of hydrogen-bond donors (Lipinski definition) is 1. The van der Waals surface area contributed by atoms with E-state index >= 15 is 0 Å². The Balaban J connectivity index is 1.77. The molecule has 0 unspecified atom stereocenters. The maximum Gasteiger partial charge on any atom is 0.335 e. The lowest BCUT2D eigenvalue weighted by Crippen LogP contribution is -2.26. The fraction of sp³-hybridized carbons (Fsp3) is 0.440. The lowest BCUT2D eigenvalue weighted by atomic mass is 9.95. The predicted molar refractivity (Wildman–Crippen MR) is 119 cm³/mol. The van der Waals surface area contributed by atoms with E-state index in [2.05, 4.69) is 37.5 Å². The molecular formula is C25H30N2O3. The first kappa shape index (κ1) is 20.5. The van der Waals surface area contributed by atoms with Gasteiger partial charge >= 0.3 is 5.97 Å². The van der Waals surface area contributed by atoms with Gasteiger partial charge in [-0.25, -0.2) is 9.78 Å². The van der Waals surface area contributed by atoms with Crippen LogP contribution in [-0.2, 0) is 0 Å². The topological polar surface area (TPSA) is 64.3 Å². The molecule has 0 bridgehead atoms. The second-order valence-corrected chi connectivity index (χ2v) is 8.85. The van der Waals surface area contributed by atoms with Crippen LogP contribution in [0.3, 0.4) is 0 Å². The largest absolute Gasteiger partial charge is 0.488 e. The maximum atomic E-state index is 11.4. The van der Waals surface area contributed by atoms with Gasteiger partial charge in [-0.3, -0.25) is 0 Å². The zero-order valence-corrected chi connectivity index (χ0v) is 18.0. The van der Waals surface area contributed by atoms with Crippen LogP contribution in [0, 0.1) is 0 Å². The van der Waals surface area contributed by atoms with Gasteiger partial charge in [-0.2, -0.15) is 0 Å². The highest BCUT2D eigenvalue weighted by Crippen LogP contribution is 2.36. The summed E-state index contributed by atoms with van der Waals surface area (Å²) >= 11 is 0. The van der Waals surface area contributed by atoms with E-state index in [0.29, 0.717) is 6.04 Å². The summed E-state index contributed by atoms with van der Waals surface area (Å²) in [5.74, 6) is 0.825. The van der Waals surface area contributed by atoms with E-state index in [1.807, 2.05) is 18.2 Å². The van der Waals surface area contributed by atoms with Gasteiger partial charge in [-0.05, 0) is 75.6 Å². The molecule has 0 spiro atoms. The van der Waals surface area contributed by atoms with Crippen LogP contribution in [0.1, 0.15) is 75.7 Å². The van der Waals surface area contributed by atoms with Crippen molar-refractivity contribution in [2.45, 2.75) is 70.9 Å². The van der Waals surface area contributed by atoms with Gasteiger partial charge in [-0.15, -0.1) is 0 Å². The zero-order valence-electron chi connectivity index (χ0n) is 18.0. The monoisotopic (exact) mass is 406 g/mol. The summed E-state index contributed by atoms with van der Waals surface area (Å²) in [4.78, 5) is 16.3. The minimum atomic E-state index is -0.925. The van der Waals surface area contributed by atoms with E-state index in [4.69, 9.17) is 9.72 Å². The van der Waals surface area contributed by atoms with E-state index in [-0.39, 0.29) is 11.2 Å². The summed E-state index contributed by atoms with van der Waals surface area (Å²) in [6, 6.07) is 13.8. The average molecular weight is 407 g/mol. The van der Waals surface area contributed by atoms with Crippen molar-refractivity contribution in [3.8, 4) is 17.1 Å². The molecule has 3 aromatic rings. The first-order chi connectivity index (χ1) is 14.4. The fourth-order valence-electron chi connectivity index (χ4n) is 4.21. The standard InChI is InChI=1S/C25H30N2O3/c1-4-25(2,3)30-20-13-10-17(11-14-20)23-26-21-16-18(24(28)29)12-15-22(21)27(23)19-8-6-5-7-9-19/h10-16,19H,4-9H2,1-3H3,(H,28,29). The third kappa shape index (κ3) is 4.07. The molecule has 0 atom stereocenters. The molecule has 5 heteroatoms. The number of aromatic nitrogens is 2. The Labute approximate surface area is 177 Å². The Kier molecular flexibility index (Phi) is 5.54. The second kappa shape index (κ2) is 8.13. The van der Waals surface area contributed by atoms with Gasteiger partial charge in [0.1, 0.15) is 17.2 Å². The van der Waals surface area contributed by atoms with Crippen LogP contribution in [-0.4, -0.2) is 26.2 Å². The van der Waals surface area contributed by atoms with Crippen LogP contribution in [0.5, 0.6) is 5.75 Å². The molecule has 1 aliphatic rings. The van der Waals surface area contributed by atoms with Crippen LogP contribution in [0.4, 0.5) is 0 Å². The summed E-state index contributed by atoms with van der Waals surface area (Å²) in [5, 5.41) is 9.38. The SMILES string of the molecule is CCC(C)(C)Oc1ccc(-c2nc3cc(C(=O)O)ccc3n2C2CCCCC2)cc1. The Morgan fingerprint density at radius 3 is 2.47 bits per heavy atom. The highest BCUT2D eigenvalue weighted by Gasteiger charge is 2.23. The number of fused-ring (bicyclic) bond motifs is 1. The molecule has 0 aliphatic heterocycles. The number of nitrogens with zero attached hydrogens (tertiary/aromatic N) is 2. The first-order valence-electron chi connectivity index (χ1n) is 10.9. The molecule has 1 aliphatic carbocycles. The Morgan fingerprint density at radius 2 is 1.83 bits per heavy atom. The molecule has 1 fully saturated rings. The summed E-state index contributed by atoms with van der Waals surface area (Å²) in [6.07, 6.45) is 6.90. The van der Waals surface area contributed by atoms with Crippen molar-refractivity contribution in [2.24, 2.45) is 0 Å². The second-order valence-electron chi connectivity index (χ2n) is 8.85. The highest BCUT2D eigenvalue weighted by molar-refractivity contribution is 5.93. The third-order valence-electron chi connectivity index (χ3n) is 6.23. The van der Waals surface area contributed by atoms with Crippen LogP contribution >= 0.6 is 0 Å². The van der Waals surface area contributed by atoms with Crippen molar-refractivity contribution in [1.82, 2.24) is 9.55 Å². The van der Waals surface area contributed by atoms with Gasteiger partial charge in [0.2, 0.25) is 0 Å². The molecule has 1 N–H and O–H groups in total. The van der Waals surface area contributed by atoms with Gasteiger partial charge in [0.05, 0.1) is 16.6 Å². The van der Waals surface area contributed by atoms with Crippen molar-refractivity contribution >= 4 is 17.0 Å². The van der Waals surface area contributed by atoms with Gasteiger partial charge in [0.25, 0.3) is 0 Å². The van der Waals surface area contributed by atoms with Crippen molar-refractivity contribution in [1.29, 1.82) is 0 Å². The van der Waals surface area contributed by atoms with Crippen molar-refractivity contribution in [3.05, 3.63) is 48.0 Å². The van der Waals surface area contributed by atoms with Crippen molar-refractivity contribution in [3.63, 3.8) is 0 Å². The number of benzene rings is 2. The predicted octanol–water partition coefficient (Wildman–Crippen LogP) is 6.47. The van der Waals surface area contributed by atoms with E-state index in [1.54, 1.807) is 12.1 Å². The molecule has 4 rings (SSSR count). The van der Waals surface area contributed by atoms with Gasteiger partial charge in [-0.1, -0.05) is 26.2 Å².